The molecule has 3 aromatic heterocycles. The average Bonchev–Trinajstić information content (AvgIpc) is 3.81. The van der Waals surface area contributed by atoms with Crippen molar-refractivity contribution < 1.29 is 28.6 Å². The van der Waals surface area contributed by atoms with Crippen molar-refractivity contribution in [2.24, 2.45) is 0 Å². The number of ketones is 1. The predicted molar refractivity (Wildman–Crippen MR) is 189 cm³/mol. The first-order valence-corrected chi connectivity index (χ1v) is 17.5. The monoisotopic (exact) mass is 707 g/mol. The summed E-state index contributed by atoms with van der Waals surface area (Å²) in [5.74, 6) is -1.33. The molecule has 1 aliphatic heterocycles. The number of benzene rings is 3. The average molecular weight is 708 g/mol. The first-order valence-electron chi connectivity index (χ1n) is 15.7. The van der Waals surface area contributed by atoms with Gasteiger partial charge in [0.2, 0.25) is 5.13 Å². The van der Waals surface area contributed by atoms with Gasteiger partial charge in [0.05, 0.1) is 23.9 Å². The quantitative estimate of drug-likeness (QED) is 0.0479. The summed E-state index contributed by atoms with van der Waals surface area (Å²) in [5.41, 5.74) is 3.13. The lowest BCUT2D eigenvalue weighted by atomic mass is 9.96. The third kappa shape index (κ3) is 6.32. The standard InChI is InChI=1S/C37H30FN5O5S2/c1-3-47-28-19-24(16-17-27(28)48-20-23-11-5-4-6-12-23)32-30(33(44)31-22(2)39-29-15-9-10-18-42(29)31)34(45)35(46)43(32)36-40-41-37(50-36)49-21-25-13-7-8-14-26(25)38/h4-19,32,44H,3,20-21H2,1-2H3/b33-30+. The number of aliphatic hydroxyl groups excluding tert-OH is 1. The number of Topliss-reactive ketones (excluding diaryl/α,β-unsaturated/α-hetero) is 1. The van der Waals surface area contributed by atoms with Crippen LogP contribution in [0.15, 0.2) is 107 Å². The topological polar surface area (TPSA) is 119 Å². The number of carbonyl (C=O) groups excluding carboxylic acids is 2. The van der Waals surface area contributed by atoms with E-state index in [1.54, 1.807) is 66.1 Å². The number of ether oxygens (including phenoxy) is 2. The maximum absolute atomic E-state index is 14.3. The van der Waals surface area contributed by atoms with Gasteiger partial charge >= 0.3 is 5.91 Å². The molecule has 1 atom stereocenters. The highest BCUT2D eigenvalue weighted by Gasteiger charge is 2.49. The molecule has 1 amide bonds. The summed E-state index contributed by atoms with van der Waals surface area (Å²) in [7, 11) is 0. The van der Waals surface area contributed by atoms with E-state index in [2.05, 4.69) is 15.2 Å². The van der Waals surface area contributed by atoms with Crippen molar-refractivity contribution in [2.75, 3.05) is 11.5 Å². The van der Waals surface area contributed by atoms with Gasteiger partial charge < -0.3 is 14.6 Å². The molecule has 10 nitrogen and oxygen atoms in total. The molecule has 1 N–H and O–H groups in total. The lowest BCUT2D eigenvalue weighted by Crippen LogP contribution is -2.29. The molecule has 0 aliphatic carbocycles. The molecule has 4 heterocycles. The summed E-state index contributed by atoms with van der Waals surface area (Å²) in [6, 6.07) is 25.6. The van der Waals surface area contributed by atoms with E-state index in [9.17, 15) is 19.1 Å². The minimum atomic E-state index is -1.11. The van der Waals surface area contributed by atoms with E-state index in [1.165, 1.54) is 22.7 Å². The molecule has 1 aliphatic rings. The summed E-state index contributed by atoms with van der Waals surface area (Å²) < 4.78 is 28.6. The Bertz CT molecular complexity index is 2250. The molecule has 50 heavy (non-hydrogen) atoms. The van der Waals surface area contributed by atoms with Crippen LogP contribution in [0.3, 0.4) is 0 Å². The van der Waals surface area contributed by atoms with E-state index in [0.29, 0.717) is 57.3 Å². The second-order valence-corrected chi connectivity index (χ2v) is 13.5. The number of imidazole rings is 1. The second kappa shape index (κ2) is 14.1. The van der Waals surface area contributed by atoms with Crippen LogP contribution in [0.2, 0.25) is 0 Å². The number of aliphatic hydroxyl groups is 1. The summed E-state index contributed by atoms with van der Waals surface area (Å²) in [6.45, 7) is 4.19. The SMILES string of the molecule is CCOc1cc(C2/C(=C(\O)c3c(C)nc4ccccn34)C(=O)C(=O)N2c2nnc(SCc3ccccc3F)s2)ccc1OCc1ccccc1. The van der Waals surface area contributed by atoms with Gasteiger partial charge in [0.1, 0.15) is 23.8 Å². The van der Waals surface area contributed by atoms with Crippen LogP contribution in [-0.2, 0) is 21.9 Å². The fourth-order valence-corrected chi connectivity index (χ4v) is 7.66. The maximum atomic E-state index is 14.3. The molecule has 6 aromatic rings. The Hall–Kier alpha value is -5.53. The summed E-state index contributed by atoms with van der Waals surface area (Å²) in [6.07, 6.45) is 1.73. The van der Waals surface area contributed by atoms with Gasteiger partial charge in [-0.05, 0) is 60.9 Å². The third-order valence-electron chi connectivity index (χ3n) is 8.10. The zero-order valence-electron chi connectivity index (χ0n) is 26.9. The van der Waals surface area contributed by atoms with Crippen molar-refractivity contribution in [2.45, 2.75) is 36.6 Å². The number of rotatable bonds is 11. The molecule has 3 aromatic carbocycles. The van der Waals surface area contributed by atoms with Crippen molar-refractivity contribution in [1.82, 2.24) is 19.6 Å². The van der Waals surface area contributed by atoms with Crippen LogP contribution in [0.1, 0.15) is 41.0 Å². The first-order chi connectivity index (χ1) is 24.3. The van der Waals surface area contributed by atoms with E-state index in [0.717, 1.165) is 16.9 Å². The van der Waals surface area contributed by atoms with Crippen LogP contribution in [0.5, 0.6) is 11.5 Å². The number of anilines is 1. The van der Waals surface area contributed by atoms with Gasteiger partial charge in [-0.15, -0.1) is 10.2 Å². The normalized spacial score (nSPS) is 15.6. The molecule has 1 saturated heterocycles. The van der Waals surface area contributed by atoms with Crippen molar-refractivity contribution in [3.05, 3.63) is 137 Å². The number of hydrogen-bond acceptors (Lipinski definition) is 10. The highest BCUT2D eigenvalue weighted by atomic mass is 32.2. The maximum Gasteiger partial charge on any atom is 0.301 e. The molecule has 0 bridgehead atoms. The fraction of sp³-hybridized carbons (Fsp3) is 0.162. The van der Waals surface area contributed by atoms with Gasteiger partial charge in [0.25, 0.3) is 5.78 Å². The lowest BCUT2D eigenvalue weighted by Gasteiger charge is -2.23. The molecular formula is C37H30FN5O5S2. The molecule has 0 spiro atoms. The van der Waals surface area contributed by atoms with E-state index in [4.69, 9.17) is 9.47 Å². The smallest absolute Gasteiger partial charge is 0.301 e. The van der Waals surface area contributed by atoms with Crippen molar-refractivity contribution in [1.29, 1.82) is 0 Å². The van der Waals surface area contributed by atoms with Crippen LogP contribution >= 0.6 is 23.1 Å². The largest absolute Gasteiger partial charge is 0.505 e. The van der Waals surface area contributed by atoms with Crippen molar-refractivity contribution in [3.8, 4) is 11.5 Å². The van der Waals surface area contributed by atoms with Gasteiger partial charge in [0.15, 0.2) is 21.6 Å². The minimum Gasteiger partial charge on any atom is -0.505 e. The number of fused-ring (bicyclic) bond motifs is 1. The Balaban J connectivity index is 1.32. The van der Waals surface area contributed by atoms with Crippen LogP contribution in [0, 0.1) is 12.7 Å². The Kier molecular flexibility index (Phi) is 9.33. The number of carbonyl (C=O) groups is 2. The number of hydrogen-bond donors (Lipinski definition) is 1. The molecule has 252 valence electrons. The third-order valence-corrected chi connectivity index (χ3v) is 10.2. The molecule has 13 heteroatoms. The Morgan fingerprint density at radius 1 is 0.960 bits per heavy atom. The minimum absolute atomic E-state index is 0.139. The molecule has 0 saturated carbocycles. The Morgan fingerprint density at radius 2 is 1.74 bits per heavy atom. The second-order valence-electron chi connectivity index (χ2n) is 11.3. The van der Waals surface area contributed by atoms with E-state index < -0.39 is 17.7 Å². The fourth-order valence-electron chi connectivity index (χ4n) is 5.80. The number of aromatic nitrogens is 4. The number of pyridine rings is 1. The first kappa shape index (κ1) is 33.0. The van der Waals surface area contributed by atoms with Crippen molar-refractivity contribution in [3.63, 3.8) is 0 Å². The van der Waals surface area contributed by atoms with Crippen LogP contribution in [-0.4, -0.2) is 43.0 Å². The Morgan fingerprint density at radius 3 is 2.54 bits per heavy atom. The van der Waals surface area contributed by atoms with Gasteiger partial charge in [-0.25, -0.2) is 9.37 Å². The van der Waals surface area contributed by atoms with E-state index in [-0.39, 0.29) is 28.0 Å². The molecule has 1 fully saturated rings. The highest BCUT2D eigenvalue weighted by molar-refractivity contribution is 8.00. The number of thioether (sulfide) groups is 1. The van der Waals surface area contributed by atoms with Crippen LogP contribution in [0.4, 0.5) is 9.52 Å². The number of amides is 1. The summed E-state index contributed by atoms with van der Waals surface area (Å²) in [4.78, 5) is 33.7. The summed E-state index contributed by atoms with van der Waals surface area (Å²) in [5, 5.41) is 20.6. The van der Waals surface area contributed by atoms with Crippen molar-refractivity contribution >= 4 is 51.3 Å². The van der Waals surface area contributed by atoms with E-state index in [1.807, 2.05) is 43.3 Å². The Labute approximate surface area is 294 Å². The lowest BCUT2D eigenvalue weighted by molar-refractivity contribution is -0.132. The van der Waals surface area contributed by atoms with Crippen LogP contribution in [0.25, 0.3) is 11.4 Å². The number of halogens is 1. The zero-order valence-corrected chi connectivity index (χ0v) is 28.6. The molecule has 1 unspecified atom stereocenters. The van der Waals surface area contributed by atoms with Crippen LogP contribution < -0.4 is 14.4 Å². The summed E-state index contributed by atoms with van der Waals surface area (Å²) >= 11 is 2.36. The van der Waals surface area contributed by atoms with Gasteiger partial charge in [-0.3, -0.25) is 18.9 Å². The van der Waals surface area contributed by atoms with Gasteiger partial charge in [-0.1, -0.05) is 83.8 Å². The zero-order chi connectivity index (χ0) is 34.8. The van der Waals surface area contributed by atoms with Gasteiger partial charge in [-0.2, -0.15) is 0 Å². The molecular weight excluding hydrogens is 678 g/mol. The van der Waals surface area contributed by atoms with Gasteiger partial charge in [0, 0.05) is 11.9 Å². The predicted octanol–water partition coefficient (Wildman–Crippen LogP) is 7.53. The van der Waals surface area contributed by atoms with E-state index >= 15 is 0 Å². The number of nitrogens with zero attached hydrogens (tertiary/aromatic N) is 5. The molecule has 7 rings (SSSR count). The highest BCUT2D eigenvalue weighted by Crippen LogP contribution is 2.46. The molecule has 0 radical (unpaired) electrons. The number of aryl methyl sites for hydroxylation is 1.